The average molecular weight is 396 g/mol. The van der Waals surface area contributed by atoms with Crippen LogP contribution >= 0.6 is 0 Å². The zero-order chi connectivity index (χ0) is 20.1. The number of guanidine groups is 1. The summed E-state index contributed by atoms with van der Waals surface area (Å²) in [5.74, 6) is 1.09. The molecule has 2 aliphatic heterocycles. The number of hydrogen-bond acceptors (Lipinski definition) is 4. The fraction of sp³-hybridized carbons (Fsp3) is 0.579. The summed E-state index contributed by atoms with van der Waals surface area (Å²) in [4.78, 5) is 18.2. The number of benzene rings is 1. The molecule has 1 amide bonds. The van der Waals surface area contributed by atoms with Gasteiger partial charge in [0.25, 0.3) is 0 Å². The Labute approximate surface area is 163 Å². The summed E-state index contributed by atoms with van der Waals surface area (Å²) in [6, 6.07) is 4.92. The molecule has 2 aliphatic rings. The van der Waals surface area contributed by atoms with E-state index in [0.717, 1.165) is 37.5 Å². The number of aliphatic imine (C=N–C) groups is 1. The van der Waals surface area contributed by atoms with E-state index < -0.39 is 6.61 Å². The molecule has 0 aromatic heterocycles. The Morgan fingerprint density at radius 2 is 2.25 bits per heavy atom. The summed E-state index contributed by atoms with van der Waals surface area (Å²) < 4.78 is 34.8. The van der Waals surface area contributed by atoms with Gasteiger partial charge in [0.1, 0.15) is 0 Å². The lowest BCUT2D eigenvalue weighted by atomic mass is 9.79. The van der Waals surface area contributed by atoms with Crippen LogP contribution in [0.25, 0.3) is 0 Å². The van der Waals surface area contributed by atoms with Crippen LogP contribution in [0.5, 0.6) is 11.5 Å². The van der Waals surface area contributed by atoms with Crippen molar-refractivity contribution in [2.24, 2.45) is 10.4 Å². The van der Waals surface area contributed by atoms with Gasteiger partial charge in [-0.05, 0) is 30.5 Å². The van der Waals surface area contributed by atoms with Crippen molar-refractivity contribution in [3.8, 4) is 11.5 Å². The van der Waals surface area contributed by atoms with Gasteiger partial charge in [0, 0.05) is 45.1 Å². The van der Waals surface area contributed by atoms with Crippen molar-refractivity contribution in [1.82, 2.24) is 15.5 Å². The molecule has 2 fully saturated rings. The lowest BCUT2D eigenvalue weighted by Crippen LogP contribution is -2.51. The number of carbonyl (C=O) groups excluding carboxylic acids is 1. The molecule has 0 saturated carbocycles. The number of rotatable bonds is 5. The van der Waals surface area contributed by atoms with Crippen molar-refractivity contribution in [3.05, 3.63) is 23.8 Å². The van der Waals surface area contributed by atoms with Gasteiger partial charge in [0.15, 0.2) is 17.5 Å². The first-order chi connectivity index (χ1) is 13.4. The number of piperidine rings is 1. The van der Waals surface area contributed by atoms with Crippen molar-refractivity contribution in [3.63, 3.8) is 0 Å². The zero-order valence-corrected chi connectivity index (χ0v) is 16.1. The third-order valence-electron chi connectivity index (χ3n) is 5.26. The molecule has 154 valence electrons. The normalized spacial score (nSPS) is 22.5. The van der Waals surface area contributed by atoms with E-state index in [4.69, 9.17) is 4.74 Å². The molecule has 28 heavy (non-hydrogen) atoms. The molecule has 2 heterocycles. The quantitative estimate of drug-likeness (QED) is 0.588. The summed E-state index contributed by atoms with van der Waals surface area (Å²) in [7, 11) is 3.11. The molecular formula is C19H26F2N4O3. The first-order valence-corrected chi connectivity index (χ1v) is 9.29. The molecule has 7 nitrogen and oxygen atoms in total. The van der Waals surface area contributed by atoms with Gasteiger partial charge >= 0.3 is 6.61 Å². The second kappa shape index (κ2) is 8.62. The van der Waals surface area contributed by atoms with Crippen LogP contribution in [0.3, 0.4) is 0 Å². The molecule has 1 unspecified atom stereocenters. The highest BCUT2D eigenvalue weighted by Crippen LogP contribution is 2.36. The SMILES string of the molecule is CN=C(NCc1ccc(OC)c(OC(F)F)c1)N1CCCC2(CNC(=O)C2)C1. The Kier molecular flexibility index (Phi) is 6.21. The summed E-state index contributed by atoms with van der Waals surface area (Å²) in [5, 5.41) is 6.21. The van der Waals surface area contributed by atoms with Crippen LogP contribution in [-0.4, -0.2) is 57.2 Å². The second-order valence-corrected chi connectivity index (χ2v) is 7.24. The van der Waals surface area contributed by atoms with Crippen LogP contribution in [0.1, 0.15) is 24.8 Å². The van der Waals surface area contributed by atoms with E-state index in [9.17, 15) is 13.6 Å². The van der Waals surface area contributed by atoms with Crippen molar-refractivity contribution >= 4 is 11.9 Å². The zero-order valence-electron chi connectivity index (χ0n) is 16.1. The highest BCUT2D eigenvalue weighted by Gasteiger charge is 2.42. The number of likely N-dealkylation sites (tertiary alicyclic amines) is 1. The Hall–Kier alpha value is -2.58. The van der Waals surface area contributed by atoms with Gasteiger partial charge in [-0.2, -0.15) is 8.78 Å². The highest BCUT2D eigenvalue weighted by atomic mass is 19.3. The lowest BCUT2D eigenvalue weighted by molar-refractivity contribution is -0.119. The maximum Gasteiger partial charge on any atom is 0.387 e. The van der Waals surface area contributed by atoms with E-state index in [1.54, 1.807) is 19.2 Å². The molecule has 1 spiro atoms. The number of hydrogen-bond donors (Lipinski definition) is 2. The summed E-state index contributed by atoms with van der Waals surface area (Å²) in [5.41, 5.74) is 0.729. The fourth-order valence-corrected chi connectivity index (χ4v) is 3.96. The van der Waals surface area contributed by atoms with E-state index in [-0.39, 0.29) is 22.8 Å². The summed E-state index contributed by atoms with van der Waals surface area (Å²) >= 11 is 0. The highest BCUT2D eigenvalue weighted by molar-refractivity contribution is 5.81. The van der Waals surface area contributed by atoms with Crippen LogP contribution in [0.4, 0.5) is 8.78 Å². The van der Waals surface area contributed by atoms with Gasteiger partial charge in [-0.3, -0.25) is 9.79 Å². The molecule has 1 aromatic carbocycles. The number of alkyl halides is 2. The standard InChI is InChI=1S/C19H26F2N4O3/c1-22-18(25-7-3-6-19(12-25)9-16(26)24-11-19)23-10-13-4-5-14(27-2)15(8-13)28-17(20)21/h4-5,8,17H,3,6-7,9-12H2,1-2H3,(H,22,23)(H,24,26). The molecule has 9 heteroatoms. The maximum absolute atomic E-state index is 12.6. The third kappa shape index (κ3) is 4.63. The maximum atomic E-state index is 12.6. The number of nitrogens with one attached hydrogen (secondary N) is 2. The Morgan fingerprint density at radius 3 is 2.89 bits per heavy atom. The lowest BCUT2D eigenvalue weighted by Gasteiger charge is -2.40. The van der Waals surface area contributed by atoms with Crippen LogP contribution in [0, 0.1) is 5.41 Å². The van der Waals surface area contributed by atoms with E-state index in [2.05, 4.69) is 25.3 Å². The van der Waals surface area contributed by atoms with Crippen LogP contribution in [0.15, 0.2) is 23.2 Å². The summed E-state index contributed by atoms with van der Waals surface area (Å²) in [6.07, 6.45) is 2.56. The molecule has 0 aliphatic carbocycles. The van der Waals surface area contributed by atoms with Gasteiger partial charge in [0.2, 0.25) is 5.91 Å². The number of ether oxygens (including phenoxy) is 2. The van der Waals surface area contributed by atoms with E-state index in [1.165, 1.54) is 13.2 Å². The monoisotopic (exact) mass is 396 g/mol. The van der Waals surface area contributed by atoms with Gasteiger partial charge < -0.3 is 25.0 Å². The molecule has 2 N–H and O–H groups in total. The van der Waals surface area contributed by atoms with Crippen LogP contribution in [0.2, 0.25) is 0 Å². The molecule has 1 atom stereocenters. The first-order valence-electron chi connectivity index (χ1n) is 9.29. The van der Waals surface area contributed by atoms with Crippen LogP contribution < -0.4 is 20.1 Å². The number of methoxy groups -OCH3 is 1. The van der Waals surface area contributed by atoms with E-state index in [0.29, 0.717) is 19.5 Å². The number of amides is 1. The topological polar surface area (TPSA) is 75.2 Å². The van der Waals surface area contributed by atoms with Crippen molar-refractivity contribution < 1.29 is 23.0 Å². The minimum absolute atomic E-state index is 0.000690. The van der Waals surface area contributed by atoms with Crippen LogP contribution in [-0.2, 0) is 11.3 Å². The molecule has 1 aromatic rings. The Bertz CT molecular complexity index is 744. The minimum Gasteiger partial charge on any atom is -0.493 e. The van der Waals surface area contributed by atoms with Crippen molar-refractivity contribution in [2.75, 3.05) is 33.8 Å². The predicted molar refractivity (Wildman–Crippen MR) is 101 cm³/mol. The fourth-order valence-electron chi connectivity index (χ4n) is 3.96. The number of halogens is 2. The van der Waals surface area contributed by atoms with E-state index in [1.807, 2.05) is 0 Å². The average Bonchev–Trinajstić information content (AvgIpc) is 3.01. The Morgan fingerprint density at radius 1 is 1.43 bits per heavy atom. The third-order valence-corrected chi connectivity index (χ3v) is 5.26. The number of nitrogens with zero attached hydrogens (tertiary/aromatic N) is 2. The van der Waals surface area contributed by atoms with Gasteiger partial charge in [-0.1, -0.05) is 6.07 Å². The predicted octanol–water partition coefficient (Wildman–Crippen LogP) is 1.97. The van der Waals surface area contributed by atoms with E-state index >= 15 is 0 Å². The largest absolute Gasteiger partial charge is 0.493 e. The smallest absolute Gasteiger partial charge is 0.387 e. The molecule has 0 radical (unpaired) electrons. The Balaban J connectivity index is 1.65. The van der Waals surface area contributed by atoms with Gasteiger partial charge in [-0.25, -0.2) is 0 Å². The van der Waals surface area contributed by atoms with Crippen molar-refractivity contribution in [2.45, 2.75) is 32.4 Å². The molecular weight excluding hydrogens is 370 g/mol. The molecule has 2 saturated heterocycles. The number of carbonyl (C=O) groups is 1. The summed E-state index contributed by atoms with van der Waals surface area (Å²) in [6.45, 7) is -0.202. The minimum atomic E-state index is -2.92. The van der Waals surface area contributed by atoms with Crippen molar-refractivity contribution in [1.29, 1.82) is 0 Å². The van der Waals surface area contributed by atoms with Gasteiger partial charge in [-0.15, -0.1) is 0 Å². The molecule has 3 rings (SSSR count). The molecule has 0 bridgehead atoms. The second-order valence-electron chi connectivity index (χ2n) is 7.24. The van der Waals surface area contributed by atoms with Gasteiger partial charge in [0.05, 0.1) is 7.11 Å². The first kappa shape index (κ1) is 20.2.